The lowest BCUT2D eigenvalue weighted by atomic mass is 9.96. The summed E-state index contributed by atoms with van der Waals surface area (Å²) >= 11 is 3.23. The number of nitrogens with zero attached hydrogens (tertiary/aromatic N) is 2. The number of benzene rings is 1. The predicted octanol–water partition coefficient (Wildman–Crippen LogP) is 2.92. The van der Waals surface area contributed by atoms with Crippen molar-refractivity contribution in [2.45, 2.75) is 12.5 Å². The highest BCUT2D eigenvalue weighted by molar-refractivity contribution is 9.09. The molecule has 1 aliphatic rings. The lowest BCUT2D eigenvalue weighted by Gasteiger charge is -2.37. The van der Waals surface area contributed by atoms with E-state index in [9.17, 15) is 23.2 Å². The van der Waals surface area contributed by atoms with Crippen LogP contribution in [0.3, 0.4) is 0 Å². The van der Waals surface area contributed by atoms with Gasteiger partial charge in [0.15, 0.2) is 11.6 Å². The molecule has 10 heteroatoms. The summed E-state index contributed by atoms with van der Waals surface area (Å²) in [7, 11) is 2.51. The van der Waals surface area contributed by atoms with Crippen molar-refractivity contribution >= 4 is 34.0 Å². The molecule has 146 valence electrons. The van der Waals surface area contributed by atoms with Crippen LogP contribution in [0.25, 0.3) is 0 Å². The SMILES string of the molecule is COC(=O)C1=CN(C)C(=O)N(C(=O)NCCCBr)C1c1ccc(F)c(F)c1. The number of rotatable bonds is 5. The van der Waals surface area contributed by atoms with E-state index in [1.54, 1.807) is 0 Å². The molecule has 1 aromatic rings. The Morgan fingerprint density at radius 3 is 2.59 bits per heavy atom. The molecule has 0 bridgehead atoms. The van der Waals surface area contributed by atoms with Crippen molar-refractivity contribution in [3.05, 3.63) is 47.2 Å². The molecular weight excluding hydrogens is 428 g/mol. The van der Waals surface area contributed by atoms with Crippen molar-refractivity contribution in [1.82, 2.24) is 15.1 Å². The summed E-state index contributed by atoms with van der Waals surface area (Å²) in [5, 5.41) is 3.21. The quantitative estimate of drug-likeness (QED) is 0.429. The van der Waals surface area contributed by atoms with E-state index in [4.69, 9.17) is 4.74 Å². The molecule has 1 atom stereocenters. The fraction of sp³-hybridized carbons (Fsp3) is 0.353. The van der Waals surface area contributed by atoms with Crippen molar-refractivity contribution in [3.63, 3.8) is 0 Å². The van der Waals surface area contributed by atoms with Gasteiger partial charge in [0.1, 0.15) is 6.04 Å². The molecule has 0 aliphatic carbocycles. The van der Waals surface area contributed by atoms with Gasteiger partial charge in [-0.05, 0) is 24.1 Å². The molecule has 7 nitrogen and oxygen atoms in total. The van der Waals surface area contributed by atoms with Crippen LogP contribution in [-0.2, 0) is 9.53 Å². The van der Waals surface area contributed by atoms with E-state index in [2.05, 4.69) is 21.2 Å². The zero-order chi connectivity index (χ0) is 20.1. The third kappa shape index (κ3) is 4.44. The normalized spacial score (nSPS) is 16.9. The Kier molecular flexibility index (Phi) is 6.89. The van der Waals surface area contributed by atoms with Gasteiger partial charge in [-0.3, -0.25) is 0 Å². The highest BCUT2D eigenvalue weighted by atomic mass is 79.9. The van der Waals surface area contributed by atoms with Gasteiger partial charge in [-0.15, -0.1) is 0 Å². The highest BCUT2D eigenvalue weighted by Gasteiger charge is 2.42. The van der Waals surface area contributed by atoms with Crippen LogP contribution in [-0.4, -0.2) is 53.9 Å². The third-order valence-electron chi connectivity index (χ3n) is 3.88. The molecule has 2 rings (SSSR count). The van der Waals surface area contributed by atoms with Gasteiger partial charge in [-0.1, -0.05) is 22.0 Å². The predicted molar refractivity (Wildman–Crippen MR) is 96.0 cm³/mol. The number of alkyl halides is 1. The molecular formula is C17H18BrF2N3O4. The highest BCUT2D eigenvalue weighted by Crippen LogP contribution is 2.34. The van der Waals surface area contributed by atoms with Crippen molar-refractivity contribution in [3.8, 4) is 0 Å². The molecule has 1 N–H and O–H groups in total. The average Bonchev–Trinajstić information content (AvgIpc) is 2.65. The maximum atomic E-state index is 13.8. The molecule has 1 unspecified atom stereocenters. The Bertz CT molecular complexity index is 787. The van der Waals surface area contributed by atoms with Crippen LogP contribution in [0, 0.1) is 11.6 Å². The molecule has 0 spiro atoms. The van der Waals surface area contributed by atoms with Crippen LogP contribution in [0.1, 0.15) is 18.0 Å². The molecule has 0 saturated heterocycles. The minimum absolute atomic E-state index is 0.0580. The van der Waals surface area contributed by atoms with E-state index in [0.29, 0.717) is 11.8 Å². The Morgan fingerprint density at radius 1 is 1.30 bits per heavy atom. The second kappa shape index (κ2) is 8.94. The minimum Gasteiger partial charge on any atom is -0.466 e. The Morgan fingerprint density at radius 2 is 2.00 bits per heavy atom. The molecule has 4 amide bonds. The number of urea groups is 2. The van der Waals surface area contributed by atoms with Crippen LogP contribution in [0.15, 0.2) is 30.0 Å². The van der Waals surface area contributed by atoms with Gasteiger partial charge in [0.05, 0.1) is 12.7 Å². The lowest BCUT2D eigenvalue weighted by molar-refractivity contribution is -0.136. The summed E-state index contributed by atoms with van der Waals surface area (Å²) < 4.78 is 31.8. The Hall–Kier alpha value is -2.49. The van der Waals surface area contributed by atoms with Crippen LogP contribution in [0.2, 0.25) is 0 Å². The number of carbonyl (C=O) groups excluding carboxylic acids is 3. The zero-order valence-corrected chi connectivity index (χ0v) is 16.3. The molecule has 0 radical (unpaired) electrons. The third-order valence-corrected chi connectivity index (χ3v) is 4.44. The largest absolute Gasteiger partial charge is 0.466 e. The number of hydrogen-bond acceptors (Lipinski definition) is 4. The Balaban J connectivity index is 2.53. The van der Waals surface area contributed by atoms with Crippen molar-refractivity contribution in [2.24, 2.45) is 0 Å². The van der Waals surface area contributed by atoms with E-state index in [0.717, 1.165) is 29.0 Å². The fourth-order valence-electron chi connectivity index (χ4n) is 2.60. The summed E-state index contributed by atoms with van der Waals surface area (Å²) in [4.78, 5) is 39.3. The number of amides is 4. The van der Waals surface area contributed by atoms with Gasteiger partial charge < -0.3 is 15.0 Å². The standard InChI is InChI=1S/C17H18BrF2N3O4/c1-22-9-11(15(24)27-2)14(10-4-5-12(19)13(20)8-10)23(17(22)26)16(25)21-7-3-6-18/h4-5,8-9,14H,3,6-7H2,1-2H3,(H,21,25). The van der Waals surface area contributed by atoms with Crippen LogP contribution in [0.4, 0.5) is 18.4 Å². The summed E-state index contributed by atoms with van der Waals surface area (Å²) in [5.74, 6) is -3.06. The second-order valence-corrected chi connectivity index (χ2v) is 6.48. The first-order valence-corrected chi connectivity index (χ1v) is 9.08. The maximum Gasteiger partial charge on any atom is 0.337 e. The topological polar surface area (TPSA) is 79.0 Å². The van der Waals surface area contributed by atoms with Crippen LogP contribution < -0.4 is 5.32 Å². The lowest BCUT2D eigenvalue weighted by Crippen LogP contribution is -2.53. The maximum absolute atomic E-state index is 13.8. The summed E-state index contributed by atoms with van der Waals surface area (Å²) in [6, 6.07) is 0.153. The molecule has 1 aliphatic heterocycles. The van der Waals surface area contributed by atoms with E-state index in [1.165, 1.54) is 19.3 Å². The first-order chi connectivity index (χ1) is 12.8. The molecule has 27 heavy (non-hydrogen) atoms. The summed E-state index contributed by atoms with van der Waals surface area (Å²) in [6.45, 7) is 0.277. The number of carbonyl (C=O) groups is 3. The van der Waals surface area contributed by atoms with Crippen LogP contribution >= 0.6 is 15.9 Å². The van der Waals surface area contributed by atoms with Crippen molar-refractivity contribution in [2.75, 3.05) is 26.0 Å². The molecule has 1 heterocycles. The minimum atomic E-state index is -1.26. The van der Waals surface area contributed by atoms with Gasteiger partial charge in [0.2, 0.25) is 0 Å². The van der Waals surface area contributed by atoms with Crippen molar-refractivity contribution in [1.29, 1.82) is 0 Å². The van der Waals surface area contributed by atoms with Gasteiger partial charge in [0.25, 0.3) is 0 Å². The van der Waals surface area contributed by atoms with E-state index in [-0.39, 0.29) is 17.7 Å². The van der Waals surface area contributed by atoms with Crippen LogP contribution in [0.5, 0.6) is 0 Å². The molecule has 1 aromatic carbocycles. The zero-order valence-electron chi connectivity index (χ0n) is 14.7. The van der Waals surface area contributed by atoms with Gasteiger partial charge in [-0.25, -0.2) is 28.1 Å². The van der Waals surface area contributed by atoms with Gasteiger partial charge in [-0.2, -0.15) is 0 Å². The first-order valence-electron chi connectivity index (χ1n) is 7.96. The fourth-order valence-corrected chi connectivity index (χ4v) is 2.88. The summed E-state index contributed by atoms with van der Waals surface area (Å²) in [5.41, 5.74) is -0.0103. The molecule has 0 aromatic heterocycles. The molecule has 0 saturated carbocycles. The monoisotopic (exact) mass is 445 g/mol. The van der Waals surface area contributed by atoms with Crippen molar-refractivity contribution < 1.29 is 27.9 Å². The van der Waals surface area contributed by atoms with Gasteiger partial charge >= 0.3 is 18.0 Å². The second-order valence-electron chi connectivity index (χ2n) is 5.69. The smallest absolute Gasteiger partial charge is 0.337 e. The number of nitrogens with one attached hydrogen (secondary N) is 1. The van der Waals surface area contributed by atoms with Gasteiger partial charge in [0, 0.05) is 25.1 Å². The number of hydrogen-bond donors (Lipinski definition) is 1. The van der Waals surface area contributed by atoms with E-state index in [1.807, 2.05) is 0 Å². The number of esters is 1. The van der Waals surface area contributed by atoms with E-state index < -0.39 is 35.7 Å². The first kappa shape index (κ1) is 20.8. The average molecular weight is 446 g/mol. The number of imide groups is 1. The number of methoxy groups -OCH3 is 1. The molecule has 0 fully saturated rings. The van der Waals surface area contributed by atoms with E-state index >= 15 is 0 Å². The number of ether oxygens (including phenoxy) is 1. The summed E-state index contributed by atoms with van der Waals surface area (Å²) in [6.07, 6.45) is 1.82. The number of halogens is 3. The Labute approximate surface area is 163 Å².